The van der Waals surface area contributed by atoms with Gasteiger partial charge in [-0.3, -0.25) is 14.4 Å². The van der Waals surface area contributed by atoms with Gasteiger partial charge in [0.05, 0.1) is 0 Å². The first-order valence-corrected chi connectivity index (χ1v) is 5.74. The fourth-order valence-corrected chi connectivity index (χ4v) is 1.38. The zero-order valence-electron chi connectivity index (χ0n) is 11.0. The van der Waals surface area contributed by atoms with Gasteiger partial charge in [0, 0.05) is 17.8 Å². The molecule has 6 heteroatoms. The van der Waals surface area contributed by atoms with E-state index >= 15 is 0 Å². The first-order valence-electron chi connectivity index (χ1n) is 5.74. The third-order valence-electron chi connectivity index (χ3n) is 2.66. The summed E-state index contributed by atoms with van der Waals surface area (Å²) in [4.78, 5) is 50.5. The zero-order valence-corrected chi connectivity index (χ0v) is 11.0. The number of carbonyl (C=O) groups excluding carboxylic acids is 4. The van der Waals surface area contributed by atoms with Crippen molar-refractivity contribution in [1.82, 2.24) is 5.06 Å². The van der Waals surface area contributed by atoms with Crippen LogP contribution in [0.1, 0.15) is 40.5 Å². The van der Waals surface area contributed by atoms with E-state index in [1.807, 2.05) is 0 Å². The number of carbonyl (C=O) groups is 4. The minimum absolute atomic E-state index is 0.0271. The second-order valence-corrected chi connectivity index (χ2v) is 5.44. The summed E-state index contributed by atoms with van der Waals surface area (Å²) in [6, 6.07) is 0. The van der Waals surface area contributed by atoms with Gasteiger partial charge in [-0.1, -0.05) is 27.7 Å². The van der Waals surface area contributed by atoms with Crippen LogP contribution >= 0.6 is 0 Å². The predicted octanol–water partition coefficient (Wildman–Crippen LogP) is 0.845. The summed E-state index contributed by atoms with van der Waals surface area (Å²) in [5, 5.41) is 0.461. The lowest BCUT2D eigenvalue weighted by Gasteiger charge is -2.17. The second kappa shape index (κ2) is 4.88. The Kier molecular flexibility index (Phi) is 3.88. The Bertz CT molecular complexity index is 407. The number of Topliss-reactive ketones (excluding diaryl/α,β-unsaturated/α-hetero) is 1. The van der Waals surface area contributed by atoms with Gasteiger partial charge < -0.3 is 4.84 Å². The van der Waals surface area contributed by atoms with Crippen molar-refractivity contribution >= 4 is 23.6 Å². The molecule has 0 radical (unpaired) electrons. The maximum Gasteiger partial charge on any atom is 0.340 e. The molecule has 0 aromatic heterocycles. The second-order valence-electron chi connectivity index (χ2n) is 5.44. The molecule has 1 atom stereocenters. The molecule has 1 unspecified atom stereocenters. The van der Waals surface area contributed by atoms with E-state index in [1.165, 1.54) is 0 Å². The van der Waals surface area contributed by atoms with Crippen LogP contribution in [0.15, 0.2) is 0 Å². The van der Waals surface area contributed by atoms with Crippen LogP contribution in [0.4, 0.5) is 0 Å². The number of hydrogen-bond acceptors (Lipinski definition) is 5. The maximum atomic E-state index is 11.6. The normalized spacial score (nSPS) is 20.2. The third-order valence-corrected chi connectivity index (χ3v) is 2.66. The van der Waals surface area contributed by atoms with Crippen LogP contribution in [0, 0.1) is 11.3 Å². The van der Waals surface area contributed by atoms with E-state index in [1.54, 1.807) is 27.7 Å². The van der Waals surface area contributed by atoms with Gasteiger partial charge in [-0.15, -0.1) is 5.06 Å². The molecular formula is C12H17NO5. The Hall–Kier alpha value is -1.72. The first-order chi connectivity index (χ1) is 8.12. The average molecular weight is 255 g/mol. The lowest BCUT2D eigenvalue weighted by atomic mass is 9.89. The summed E-state index contributed by atoms with van der Waals surface area (Å²) in [5.41, 5.74) is -0.661. The van der Waals surface area contributed by atoms with Crippen molar-refractivity contribution in [3.05, 3.63) is 0 Å². The number of hydrogen-bond donors (Lipinski definition) is 0. The van der Waals surface area contributed by atoms with E-state index in [2.05, 4.69) is 4.84 Å². The van der Waals surface area contributed by atoms with Gasteiger partial charge in [0.25, 0.3) is 11.8 Å². The summed E-state index contributed by atoms with van der Waals surface area (Å²) < 4.78 is 0. The molecule has 2 amide bonds. The Labute approximate surface area is 105 Å². The summed E-state index contributed by atoms with van der Waals surface area (Å²) >= 11 is 0. The summed E-state index contributed by atoms with van der Waals surface area (Å²) in [5.74, 6) is -2.77. The molecule has 0 aromatic carbocycles. The monoisotopic (exact) mass is 255 g/mol. The molecule has 1 rings (SSSR count). The molecule has 1 fully saturated rings. The molecule has 0 N–H and O–H groups in total. The topological polar surface area (TPSA) is 80.8 Å². The third kappa shape index (κ3) is 3.15. The summed E-state index contributed by atoms with van der Waals surface area (Å²) in [6.07, 6.45) is -0.422. The summed E-state index contributed by atoms with van der Waals surface area (Å²) in [7, 11) is 0. The number of nitrogens with zero attached hydrogens (tertiary/aromatic N) is 1. The van der Waals surface area contributed by atoms with Gasteiger partial charge in [0.15, 0.2) is 0 Å². The zero-order chi connectivity index (χ0) is 14.1. The van der Waals surface area contributed by atoms with Crippen molar-refractivity contribution in [2.45, 2.75) is 40.5 Å². The molecule has 0 spiro atoms. The molecule has 1 aliphatic rings. The minimum atomic E-state index is -0.884. The molecule has 1 saturated heterocycles. The van der Waals surface area contributed by atoms with Crippen LogP contribution in [0.5, 0.6) is 0 Å². The van der Waals surface area contributed by atoms with Crippen LogP contribution in [-0.4, -0.2) is 28.6 Å². The largest absolute Gasteiger partial charge is 0.340 e. The van der Waals surface area contributed by atoms with E-state index in [0.29, 0.717) is 5.06 Å². The van der Waals surface area contributed by atoms with Gasteiger partial charge in [-0.2, -0.15) is 0 Å². The number of amides is 2. The Balaban J connectivity index is 2.59. The molecule has 6 nitrogen and oxygen atoms in total. The molecule has 0 aromatic rings. The number of imide groups is 1. The Morgan fingerprint density at radius 2 is 1.89 bits per heavy atom. The number of rotatable bonds is 3. The summed E-state index contributed by atoms with van der Waals surface area (Å²) in [6.45, 7) is 6.61. The van der Waals surface area contributed by atoms with E-state index < -0.39 is 35.5 Å². The van der Waals surface area contributed by atoms with Gasteiger partial charge in [-0.25, -0.2) is 4.79 Å². The van der Waals surface area contributed by atoms with Crippen molar-refractivity contribution in [3.8, 4) is 0 Å². The highest BCUT2D eigenvalue weighted by Crippen LogP contribution is 2.21. The van der Waals surface area contributed by atoms with E-state index in [-0.39, 0.29) is 12.2 Å². The average Bonchev–Trinajstić information content (AvgIpc) is 2.43. The highest BCUT2D eigenvalue weighted by molar-refractivity contribution is 6.04. The first kappa shape index (κ1) is 14.3. The highest BCUT2D eigenvalue weighted by Gasteiger charge is 2.39. The van der Waals surface area contributed by atoms with E-state index in [0.717, 1.165) is 0 Å². The fourth-order valence-electron chi connectivity index (χ4n) is 1.38. The maximum absolute atomic E-state index is 11.6. The van der Waals surface area contributed by atoms with Crippen LogP contribution in [0.25, 0.3) is 0 Å². The number of ketones is 1. The highest BCUT2D eigenvalue weighted by atomic mass is 16.7. The van der Waals surface area contributed by atoms with E-state index in [9.17, 15) is 19.2 Å². The standard InChI is InChI=1S/C12H17NO5/c1-7-5-9(15)13(11(7)17)18-10(16)6-8(14)12(2,3)4/h7H,5-6H2,1-4H3. The van der Waals surface area contributed by atoms with Gasteiger partial charge >= 0.3 is 5.97 Å². The minimum Gasteiger partial charge on any atom is -0.330 e. The molecule has 1 aliphatic heterocycles. The molecular weight excluding hydrogens is 238 g/mol. The van der Waals surface area contributed by atoms with Crippen LogP contribution in [0.2, 0.25) is 0 Å². The quantitative estimate of drug-likeness (QED) is 0.551. The smallest absolute Gasteiger partial charge is 0.330 e. The molecule has 1 heterocycles. The Morgan fingerprint density at radius 3 is 2.28 bits per heavy atom. The molecule has 100 valence electrons. The lowest BCUT2D eigenvalue weighted by Crippen LogP contribution is -2.34. The molecule has 0 saturated carbocycles. The molecule has 0 bridgehead atoms. The van der Waals surface area contributed by atoms with Crippen molar-refractivity contribution < 1.29 is 24.0 Å². The molecule has 18 heavy (non-hydrogen) atoms. The lowest BCUT2D eigenvalue weighted by molar-refractivity contribution is -0.198. The van der Waals surface area contributed by atoms with Crippen molar-refractivity contribution in [2.75, 3.05) is 0 Å². The van der Waals surface area contributed by atoms with E-state index in [4.69, 9.17) is 0 Å². The van der Waals surface area contributed by atoms with Crippen LogP contribution < -0.4 is 0 Å². The predicted molar refractivity (Wildman–Crippen MR) is 60.8 cm³/mol. The van der Waals surface area contributed by atoms with Gasteiger partial charge in [0.1, 0.15) is 12.2 Å². The van der Waals surface area contributed by atoms with Crippen molar-refractivity contribution in [3.63, 3.8) is 0 Å². The Morgan fingerprint density at radius 1 is 1.33 bits per heavy atom. The van der Waals surface area contributed by atoms with Gasteiger partial charge in [0.2, 0.25) is 0 Å². The SMILES string of the molecule is CC1CC(=O)N(OC(=O)CC(=O)C(C)(C)C)C1=O. The molecule has 0 aliphatic carbocycles. The van der Waals surface area contributed by atoms with Crippen LogP contribution in [0.3, 0.4) is 0 Å². The van der Waals surface area contributed by atoms with Crippen molar-refractivity contribution in [2.24, 2.45) is 11.3 Å². The van der Waals surface area contributed by atoms with Crippen molar-refractivity contribution in [1.29, 1.82) is 0 Å². The van der Waals surface area contributed by atoms with Crippen LogP contribution in [-0.2, 0) is 24.0 Å². The van der Waals surface area contributed by atoms with Gasteiger partial charge in [-0.05, 0) is 0 Å². The number of hydroxylamine groups is 2. The fraction of sp³-hybridized carbons (Fsp3) is 0.667.